The lowest BCUT2D eigenvalue weighted by molar-refractivity contribution is 0.0690. The maximum absolute atomic E-state index is 10.4. The standard InChI is InChI=1S/C21H28BrN3O2.C7H9NO2/c22-17-7-5-16(6-8-17)14-25-11-9-18(10-12-25)24-13-19(26)15-27-21-4-2-1-3-20(21)23;1-4-3-5(2)8-6(4)7(9)10/h1-8,18-19,24,26H,9-15,23H2;3,8H,1-2H3,(H,9,10). The predicted molar refractivity (Wildman–Crippen MR) is 150 cm³/mol. The molecule has 2 aromatic carbocycles. The molecular formula is C28H37BrN4O4. The summed E-state index contributed by atoms with van der Waals surface area (Å²) in [6.07, 6.45) is 1.64. The van der Waals surface area contributed by atoms with E-state index in [1.54, 1.807) is 13.0 Å². The number of ether oxygens (including phenoxy) is 1. The zero-order valence-corrected chi connectivity index (χ0v) is 23.0. The van der Waals surface area contributed by atoms with Crippen LogP contribution in [0.3, 0.4) is 0 Å². The highest BCUT2D eigenvalue weighted by Gasteiger charge is 2.20. The third-order valence-corrected chi connectivity index (χ3v) is 6.79. The van der Waals surface area contributed by atoms with Crippen LogP contribution in [0.1, 0.15) is 40.2 Å². The zero-order chi connectivity index (χ0) is 26.8. The van der Waals surface area contributed by atoms with Gasteiger partial charge < -0.3 is 31.0 Å². The van der Waals surface area contributed by atoms with E-state index in [4.69, 9.17) is 15.6 Å². The summed E-state index contributed by atoms with van der Waals surface area (Å²) in [5.74, 6) is -0.275. The predicted octanol–water partition coefficient (Wildman–Crippen LogP) is 4.35. The number of aromatic amines is 1. The quantitative estimate of drug-likeness (QED) is 0.241. The number of benzene rings is 2. The normalized spacial score (nSPS) is 15.0. The first-order valence-electron chi connectivity index (χ1n) is 12.5. The molecule has 9 heteroatoms. The van der Waals surface area contributed by atoms with Gasteiger partial charge in [0.15, 0.2) is 0 Å². The molecule has 4 rings (SSSR count). The molecule has 37 heavy (non-hydrogen) atoms. The highest BCUT2D eigenvalue weighted by Crippen LogP contribution is 2.20. The largest absolute Gasteiger partial charge is 0.489 e. The maximum Gasteiger partial charge on any atom is 0.352 e. The number of nitrogens with two attached hydrogens (primary N) is 1. The van der Waals surface area contributed by atoms with Gasteiger partial charge in [0.1, 0.15) is 24.2 Å². The topological polar surface area (TPSA) is 124 Å². The number of hydrogen-bond acceptors (Lipinski definition) is 6. The number of carbonyl (C=O) groups is 1. The van der Waals surface area contributed by atoms with Crippen LogP contribution >= 0.6 is 15.9 Å². The van der Waals surface area contributed by atoms with Gasteiger partial charge in [0, 0.05) is 29.3 Å². The van der Waals surface area contributed by atoms with E-state index in [1.807, 2.05) is 31.2 Å². The SMILES string of the molecule is Cc1cc(C)c(C(=O)O)[nH]1.Nc1ccccc1OCC(O)CNC1CCN(Cc2ccc(Br)cc2)CC1. The van der Waals surface area contributed by atoms with Crippen molar-refractivity contribution >= 4 is 27.6 Å². The summed E-state index contributed by atoms with van der Waals surface area (Å²) in [7, 11) is 0. The molecule has 0 aliphatic carbocycles. The number of likely N-dealkylation sites (tertiary alicyclic amines) is 1. The Bertz CT molecular complexity index is 1130. The van der Waals surface area contributed by atoms with Crippen molar-refractivity contribution < 1.29 is 19.7 Å². The molecule has 200 valence electrons. The molecule has 8 nitrogen and oxygen atoms in total. The second kappa shape index (κ2) is 14.2. The van der Waals surface area contributed by atoms with Gasteiger partial charge in [-0.25, -0.2) is 4.79 Å². The van der Waals surface area contributed by atoms with Crippen LogP contribution in [0.25, 0.3) is 0 Å². The van der Waals surface area contributed by atoms with E-state index in [0.29, 0.717) is 24.0 Å². The van der Waals surface area contributed by atoms with E-state index < -0.39 is 12.1 Å². The second-order valence-corrected chi connectivity index (χ2v) is 10.3. The van der Waals surface area contributed by atoms with Gasteiger partial charge in [-0.05, 0) is 81.2 Å². The Kier molecular flexibility index (Phi) is 11.0. The monoisotopic (exact) mass is 572 g/mol. The number of nitrogens with one attached hydrogen (secondary N) is 2. The number of carboxylic acids is 1. The van der Waals surface area contributed by atoms with Crippen LogP contribution < -0.4 is 15.8 Å². The number of aliphatic hydroxyl groups excluding tert-OH is 1. The lowest BCUT2D eigenvalue weighted by Gasteiger charge is -2.33. The van der Waals surface area contributed by atoms with Crippen LogP contribution in [0.2, 0.25) is 0 Å². The van der Waals surface area contributed by atoms with Gasteiger partial charge in [-0.3, -0.25) is 4.90 Å². The lowest BCUT2D eigenvalue weighted by Crippen LogP contribution is -2.45. The minimum absolute atomic E-state index is 0.240. The van der Waals surface area contributed by atoms with Gasteiger partial charge in [0.05, 0.1) is 5.69 Å². The molecule has 1 fully saturated rings. The summed E-state index contributed by atoms with van der Waals surface area (Å²) < 4.78 is 6.72. The summed E-state index contributed by atoms with van der Waals surface area (Å²) in [5, 5.41) is 22.2. The van der Waals surface area contributed by atoms with Crippen molar-refractivity contribution in [3.8, 4) is 5.75 Å². The molecular weight excluding hydrogens is 536 g/mol. The maximum atomic E-state index is 10.4. The van der Waals surface area contributed by atoms with Crippen LogP contribution in [0.5, 0.6) is 5.75 Å². The molecule has 0 amide bonds. The van der Waals surface area contributed by atoms with Crippen molar-refractivity contribution in [2.75, 3.05) is 32.0 Å². The van der Waals surface area contributed by atoms with Gasteiger partial charge in [-0.1, -0.05) is 40.2 Å². The van der Waals surface area contributed by atoms with Gasteiger partial charge in [0.25, 0.3) is 0 Å². The zero-order valence-electron chi connectivity index (χ0n) is 21.4. The van der Waals surface area contributed by atoms with Crippen molar-refractivity contribution in [3.05, 3.63) is 81.6 Å². The fourth-order valence-corrected chi connectivity index (χ4v) is 4.52. The molecule has 0 radical (unpaired) electrons. The summed E-state index contributed by atoms with van der Waals surface area (Å²) in [4.78, 5) is 15.6. The summed E-state index contributed by atoms with van der Waals surface area (Å²) >= 11 is 3.48. The van der Waals surface area contributed by atoms with E-state index in [1.165, 1.54) is 5.56 Å². The number of nitrogen functional groups attached to an aromatic ring is 1. The third-order valence-electron chi connectivity index (χ3n) is 6.26. The van der Waals surface area contributed by atoms with Crippen LogP contribution in [0.4, 0.5) is 5.69 Å². The first-order valence-corrected chi connectivity index (χ1v) is 13.3. The number of H-pyrrole nitrogens is 1. The molecule has 6 N–H and O–H groups in total. The Hall–Kier alpha value is -2.85. The summed E-state index contributed by atoms with van der Waals surface area (Å²) in [6, 6.07) is 18.1. The Morgan fingerprint density at radius 2 is 1.86 bits per heavy atom. The number of aliphatic hydroxyl groups is 1. The van der Waals surface area contributed by atoms with Gasteiger partial charge in [0.2, 0.25) is 0 Å². The summed E-state index contributed by atoms with van der Waals surface area (Å²) in [6.45, 7) is 7.51. The fraction of sp³-hybridized carbons (Fsp3) is 0.393. The molecule has 2 heterocycles. The molecule has 1 aliphatic heterocycles. The van der Waals surface area contributed by atoms with Crippen LogP contribution in [0, 0.1) is 13.8 Å². The Balaban J connectivity index is 0.000000319. The van der Waals surface area contributed by atoms with Crippen LogP contribution in [-0.4, -0.2) is 64.5 Å². The number of aromatic nitrogens is 1. The molecule has 1 saturated heterocycles. The van der Waals surface area contributed by atoms with Crippen LogP contribution in [-0.2, 0) is 6.54 Å². The first-order chi connectivity index (χ1) is 17.7. The van der Waals surface area contributed by atoms with E-state index in [0.717, 1.165) is 48.2 Å². The molecule has 3 aromatic rings. The fourth-order valence-electron chi connectivity index (χ4n) is 4.25. The Morgan fingerprint density at radius 1 is 1.19 bits per heavy atom. The van der Waals surface area contributed by atoms with Crippen molar-refractivity contribution in [1.29, 1.82) is 0 Å². The average Bonchev–Trinajstić information content (AvgIpc) is 3.23. The minimum atomic E-state index is -0.898. The number of carboxylic acid groups (broad SMARTS) is 1. The van der Waals surface area contributed by atoms with Crippen LogP contribution in [0.15, 0.2) is 59.1 Å². The number of piperidine rings is 1. The molecule has 1 aromatic heterocycles. The van der Waals surface area contributed by atoms with E-state index in [9.17, 15) is 9.90 Å². The Morgan fingerprint density at radius 3 is 2.43 bits per heavy atom. The number of anilines is 1. The number of aromatic carboxylic acids is 1. The van der Waals surface area contributed by atoms with Gasteiger partial charge >= 0.3 is 5.97 Å². The van der Waals surface area contributed by atoms with Crippen molar-refractivity contribution in [2.24, 2.45) is 0 Å². The second-order valence-electron chi connectivity index (χ2n) is 9.40. The number of nitrogens with zero attached hydrogens (tertiary/aromatic N) is 1. The molecule has 0 bridgehead atoms. The molecule has 1 aliphatic rings. The Labute approximate surface area is 227 Å². The number of rotatable bonds is 9. The van der Waals surface area contributed by atoms with Gasteiger partial charge in [-0.2, -0.15) is 0 Å². The van der Waals surface area contributed by atoms with E-state index in [2.05, 4.69) is 55.4 Å². The van der Waals surface area contributed by atoms with Gasteiger partial charge in [-0.15, -0.1) is 0 Å². The highest BCUT2D eigenvalue weighted by atomic mass is 79.9. The lowest BCUT2D eigenvalue weighted by atomic mass is 10.0. The number of hydrogen-bond donors (Lipinski definition) is 5. The third kappa shape index (κ3) is 9.51. The van der Waals surface area contributed by atoms with Crippen molar-refractivity contribution in [3.63, 3.8) is 0 Å². The number of halogens is 1. The van der Waals surface area contributed by atoms with E-state index in [-0.39, 0.29) is 12.3 Å². The summed E-state index contributed by atoms with van der Waals surface area (Å²) in [5.41, 5.74) is 9.74. The molecule has 1 unspecified atom stereocenters. The number of aryl methyl sites for hydroxylation is 2. The molecule has 0 saturated carbocycles. The molecule has 1 atom stereocenters. The molecule has 0 spiro atoms. The smallest absolute Gasteiger partial charge is 0.352 e. The van der Waals surface area contributed by atoms with Crippen molar-refractivity contribution in [1.82, 2.24) is 15.2 Å². The van der Waals surface area contributed by atoms with Crippen molar-refractivity contribution in [2.45, 2.75) is 45.4 Å². The number of para-hydroxylation sites is 2. The highest BCUT2D eigenvalue weighted by molar-refractivity contribution is 9.10. The average molecular weight is 574 g/mol. The first kappa shape index (κ1) is 28.7. The minimum Gasteiger partial charge on any atom is -0.489 e. The van der Waals surface area contributed by atoms with E-state index >= 15 is 0 Å².